The van der Waals surface area contributed by atoms with Crippen LogP contribution >= 0.6 is 0 Å². The first-order chi connectivity index (χ1) is 15.2. The molecule has 31 heavy (non-hydrogen) atoms. The Labute approximate surface area is 179 Å². The molecule has 4 heterocycles. The molecule has 0 atom stereocenters. The van der Waals surface area contributed by atoms with Gasteiger partial charge in [0.2, 0.25) is 6.41 Å². The predicted octanol–water partition coefficient (Wildman–Crippen LogP) is 1.97. The monoisotopic (exact) mass is 417 g/mol. The van der Waals surface area contributed by atoms with Crippen LogP contribution in [0.1, 0.15) is 25.4 Å². The Bertz CT molecular complexity index is 1150. The summed E-state index contributed by atoms with van der Waals surface area (Å²) in [6.45, 7) is 8.13. The molecule has 0 spiro atoms. The number of aromatic nitrogens is 5. The minimum absolute atomic E-state index is 0.232. The van der Waals surface area contributed by atoms with Crippen molar-refractivity contribution in [1.29, 1.82) is 0 Å². The number of imidazole rings is 1. The van der Waals surface area contributed by atoms with E-state index in [1.54, 1.807) is 29.5 Å². The molecule has 0 aromatic carbocycles. The van der Waals surface area contributed by atoms with E-state index in [9.17, 15) is 4.79 Å². The zero-order valence-electron chi connectivity index (χ0n) is 17.6. The molecule has 0 bridgehead atoms. The van der Waals surface area contributed by atoms with Crippen molar-refractivity contribution in [2.75, 3.05) is 24.5 Å². The highest BCUT2D eigenvalue weighted by atomic mass is 16.1. The van der Waals surface area contributed by atoms with Crippen LogP contribution in [0.25, 0.3) is 11.4 Å². The normalized spacial score (nSPS) is 13.8. The number of anilines is 1. The number of rotatable bonds is 8. The Morgan fingerprint density at radius 3 is 2.68 bits per heavy atom. The molecule has 158 valence electrons. The number of aryl methyl sites for hydroxylation is 1. The summed E-state index contributed by atoms with van der Waals surface area (Å²) in [5, 5.41) is 7.29. The van der Waals surface area contributed by atoms with Gasteiger partial charge in [-0.1, -0.05) is 0 Å². The quantitative estimate of drug-likeness (QED) is 0.561. The number of nitrogens with zero attached hydrogens (tertiary/aromatic N) is 8. The number of fused-ring (bicyclic) bond motifs is 1. The van der Waals surface area contributed by atoms with E-state index in [1.165, 1.54) is 0 Å². The van der Waals surface area contributed by atoms with Gasteiger partial charge in [0, 0.05) is 25.5 Å². The first kappa shape index (κ1) is 20.3. The molecule has 3 aromatic rings. The number of hydrogen-bond donors (Lipinski definition) is 1. The molecule has 1 N–H and O–H groups in total. The summed E-state index contributed by atoms with van der Waals surface area (Å²) >= 11 is 0. The van der Waals surface area contributed by atoms with Crippen molar-refractivity contribution in [3.63, 3.8) is 0 Å². The molecule has 0 aliphatic carbocycles. The number of amides is 1. The van der Waals surface area contributed by atoms with E-state index in [4.69, 9.17) is 9.98 Å². The van der Waals surface area contributed by atoms with Crippen LogP contribution in [0.3, 0.4) is 0 Å². The fourth-order valence-electron chi connectivity index (χ4n) is 3.39. The third-order valence-electron chi connectivity index (χ3n) is 4.99. The van der Waals surface area contributed by atoms with E-state index in [0.29, 0.717) is 35.0 Å². The summed E-state index contributed by atoms with van der Waals surface area (Å²) in [5.74, 6) is 1.50. The van der Waals surface area contributed by atoms with Crippen LogP contribution in [0.4, 0.5) is 11.5 Å². The summed E-state index contributed by atoms with van der Waals surface area (Å²) in [7, 11) is 0. The summed E-state index contributed by atoms with van der Waals surface area (Å²) < 4.78 is 1.68. The van der Waals surface area contributed by atoms with Gasteiger partial charge in [0.25, 0.3) is 0 Å². The Kier molecular flexibility index (Phi) is 5.78. The number of hydrogen-bond acceptors (Lipinski definition) is 8. The average molecular weight is 417 g/mol. The maximum Gasteiger partial charge on any atom is 0.207 e. The van der Waals surface area contributed by atoms with E-state index >= 15 is 0 Å². The van der Waals surface area contributed by atoms with Gasteiger partial charge in [-0.3, -0.25) is 14.8 Å². The maximum atomic E-state index is 10.9. The lowest BCUT2D eigenvalue weighted by Crippen LogP contribution is -2.26. The highest BCUT2D eigenvalue weighted by Crippen LogP contribution is 2.26. The second kappa shape index (κ2) is 8.82. The predicted molar refractivity (Wildman–Crippen MR) is 119 cm³/mol. The molecule has 10 nitrogen and oxygen atoms in total. The van der Waals surface area contributed by atoms with E-state index in [0.717, 1.165) is 30.3 Å². The third kappa shape index (κ3) is 3.91. The zero-order chi connectivity index (χ0) is 21.8. The Morgan fingerprint density at radius 1 is 1.16 bits per heavy atom. The number of nitrogens with one attached hydrogen (secondary N) is 1. The second-order valence-electron chi connectivity index (χ2n) is 6.82. The summed E-state index contributed by atoms with van der Waals surface area (Å²) in [5.41, 5.74) is 4.07. The number of carbonyl (C=O) groups excluding carboxylic acids is 1. The van der Waals surface area contributed by atoms with Gasteiger partial charge in [-0.2, -0.15) is 5.10 Å². The molecule has 1 aliphatic rings. The molecule has 0 fully saturated rings. The molecule has 0 unspecified atom stereocenters. The molecular formula is C21H23N9O. The lowest BCUT2D eigenvalue weighted by atomic mass is 10.2. The van der Waals surface area contributed by atoms with Crippen LogP contribution in [-0.2, 0) is 4.79 Å². The molecule has 0 saturated carbocycles. The lowest BCUT2D eigenvalue weighted by molar-refractivity contribution is -0.109. The van der Waals surface area contributed by atoms with Crippen LogP contribution in [0.15, 0.2) is 47.0 Å². The number of pyridine rings is 1. The van der Waals surface area contributed by atoms with E-state index in [1.807, 2.05) is 19.1 Å². The highest BCUT2D eigenvalue weighted by Gasteiger charge is 2.28. The van der Waals surface area contributed by atoms with Crippen molar-refractivity contribution in [3.8, 4) is 11.4 Å². The highest BCUT2D eigenvalue weighted by molar-refractivity contribution is 6.50. The smallest absolute Gasteiger partial charge is 0.207 e. The van der Waals surface area contributed by atoms with Crippen LogP contribution in [0.5, 0.6) is 0 Å². The molecule has 3 aromatic heterocycles. The van der Waals surface area contributed by atoms with Gasteiger partial charge in [-0.25, -0.2) is 19.6 Å². The van der Waals surface area contributed by atoms with Gasteiger partial charge in [0.1, 0.15) is 28.6 Å². The largest absolute Gasteiger partial charge is 0.357 e. The minimum Gasteiger partial charge on any atom is -0.357 e. The Balaban J connectivity index is 1.76. The molecular weight excluding hydrogens is 394 g/mol. The summed E-state index contributed by atoms with van der Waals surface area (Å²) in [6, 6.07) is 3.91. The van der Waals surface area contributed by atoms with E-state index in [2.05, 4.69) is 44.1 Å². The maximum absolute atomic E-state index is 10.9. The van der Waals surface area contributed by atoms with Crippen molar-refractivity contribution in [3.05, 3.63) is 48.4 Å². The Morgan fingerprint density at radius 2 is 2.00 bits per heavy atom. The number of carbonyl (C=O) groups is 1. The Hall–Kier alpha value is -3.95. The van der Waals surface area contributed by atoms with Crippen molar-refractivity contribution in [1.82, 2.24) is 29.9 Å². The van der Waals surface area contributed by atoms with Crippen molar-refractivity contribution in [2.24, 2.45) is 10.1 Å². The SMILES string of the molecule is CCN(CC)c1ccc(N=C2C(CNC=O)=Nn3c(-c4cnccn4)cnc32)c(C)n1. The fourth-order valence-corrected chi connectivity index (χ4v) is 3.39. The van der Waals surface area contributed by atoms with Crippen molar-refractivity contribution >= 4 is 29.3 Å². The molecule has 0 radical (unpaired) electrons. The molecule has 1 aliphatic heterocycles. The van der Waals surface area contributed by atoms with Gasteiger partial charge >= 0.3 is 0 Å². The van der Waals surface area contributed by atoms with Crippen molar-refractivity contribution < 1.29 is 4.79 Å². The molecule has 1 amide bonds. The minimum atomic E-state index is 0.232. The lowest BCUT2D eigenvalue weighted by Gasteiger charge is -2.20. The first-order valence-electron chi connectivity index (χ1n) is 10.1. The molecule has 10 heteroatoms. The topological polar surface area (TPSA) is 114 Å². The van der Waals surface area contributed by atoms with Crippen LogP contribution in [0, 0.1) is 6.92 Å². The summed E-state index contributed by atoms with van der Waals surface area (Å²) in [4.78, 5) is 35.6. The van der Waals surface area contributed by atoms with Crippen LogP contribution in [0.2, 0.25) is 0 Å². The first-order valence-corrected chi connectivity index (χ1v) is 10.1. The molecule has 0 saturated heterocycles. The third-order valence-corrected chi connectivity index (χ3v) is 4.99. The van der Waals surface area contributed by atoms with Crippen LogP contribution in [-0.4, -0.2) is 62.1 Å². The zero-order valence-corrected chi connectivity index (χ0v) is 17.6. The average Bonchev–Trinajstić information content (AvgIpc) is 3.35. The van der Waals surface area contributed by atoms with Gasteiger partial charge in [0.15, 0.2) is 5.82 Å². The van der Waals surface area contributed by atoms with Gasteiger partial charge in [-0.05, 0) is 32.9 Å². The van der Waals surface area contributed by atoms with Gasteiger partial charge in [-0.15, -0.1) is 0 Å². The fraction of sp³-hybridized carbons (Fsp3) is 0.286. The van der Waals surface area contributed by atoms with E-state index in [-0.39, 0.29) is 6.54 Å². The summed E-state index contributed by atoms with van der Waals surface area (Å²) in [6.07, 6.45) is 7.20. The van der Waals surface area contributed by atoms with Crippen LogP contribution < -0.4 is 10.2 Å². The second-order valence-corrected chi connectivity index (χ2v) is 6.82. The van der Waals surface area contributed by atoms with E-state index < -0.39 is 0 Å². The van der Waals surface area contributed by atoms with Gasteiger partial charge < -0.3 is 10.2 Å². The van der Waals surface area contributed by atoms with Gasteiger partial charge in [0.05, 0.1) is 30.3 Å². The molecule has 4 rings (SSSR count). The number of aliphatic imine (C=N–C) groups is 1. The van der Waals surface area contributed by atoms with Crippen molar-refractivity contribution in [2.45, 2.75) is 20.8 Å². The standard InChI is InChI=1S/C21H23N9O/c1-4-29(5-2)19-7-6-15(14(3)26-19)27-20-17(11-23-13-31)28-30-18(12-25-21(20)30)16-10-22-8-9-24-16/h6-10,12-13H,4-5,11H2,1-3H3,(H,23,31).